The maximum absolute atomic E-state index is 15.2. The second-order valence-corrected chi connectivity index (χ2v) is 9.85. The van der Waals surface area contributed by atoms with Crippen LogP contribution in [0.2, 0.25) is 0 Å². The first-order valence-electron chi connectivity index (χ1n) is 12.9. The summed E-state index contributed by atoms with van der Waals surface area (Å²) >= 11 is 0. The van der Waals surface area contributed by atoms with Crippen molar-refractivity contribution in [2.75, 3.05) is 7.11 Å². The van der Waals surface area contributed by atoms with Crippen molar-refractivity contribution in [3.8, 4) is 40.3 Å². The van der Waals surface area contributed by atoms with Gasteiger partial charge in [-0.3, -0.25) is 0 Å². The minimum absolute atomic E-state index is 0.0160. The molecule has 0 atom stereocenters. The van der Waals surface area contributed by atoms with Gasteiger partial charge in [-0.25, -0.2) is 24.3 Å². The minimum Gasteiger partial charge on any atom is -0.490 e. The molecule has 2 saturated carbocycles. The highest BCUT2D eigenvalue weighted by atomic mass is 19.4. The van der Waals surface area contributed by atoms with E-state index in [1.807, 2.05) is 0 Å². The number of ether oxygens (including phenoxy) is 3. The second-order valence-electron chi connectivity index (χ2n) is 9.85. The zero-order valence-electron chi connectivity index (χ0n) is 21.9. The molecular weight excluding hydrogens is 570 g/mol. The standard InChI is InChI=1S/C27H22F6N6O3/c1-40-18-9-34-22(20-21(14-3-4-14)35-12-36-25(20)42-26(29)30)38-24(18)41-11-13-2-7-16(17(28)8-13)23-37-19(27(31,32)33)10-39(23)15-5-6-15/h2,7-10,12,14-15,26H,3-6,11H2,1H3. The predicted molar refractivity (Wildman–Crippen MR) is 133 cm³/mol. The number of rotatable bonds is 10. The minimum atomic E-state index is -4.66. The molecule has 6 rings (SSSR count). The Hall–Kier alpha value is -4.43. The number of benzene rings is 1. The van der Waals surface area contributed by atoms with Crippen molar-refractivity contribution in [2.45, 2.75) is 57.0 Å². The zero-order valence-corrected chi connectivity index (χ0v) is 21.9. The van der Waals surface area contributed by atoms with E-state index in [-0.39, 0.29) is 58.9 Å². The number of halogens is 6. The maximum atomic E-state index is 15.2. The van der Waals surface area contributed by atoms with Crippen LogP contribution in [0.1, 0.15) is 54.6 Å². The molecule has 15 heteroatoms. The van der Waals surface area contributed by atoms with Crippen LogP contribution in [-0.4, -0.2) is 43.2 Å². The summed E-state index contributed by atoms with van der Waals surface area (Å²) < 4.78 is 98.3. The van der Waals surface area contributed by atoms with Gasteiger partial charge < -0.3 is 18.8 Å². The average Bonchev–Trinajstić information content (AvgIpc) is 3.89. The molecule has 0 saturated heterocycles. The number of hydrogen-bond acceptors (Lipinski definition) is 8. The molecular formula is C27H22F6N6O3. The molecule has 0 radical (unpaired) electrons. The summed E-state index contributed by atoms with van der Waals surface area (Å²) in [6.07, 6.45) is 1.64. The fourth-order valence-corrected chi connectivity index (χ4v) is 4.49. The lowest BCUT2D eigenvalue weighted by molar-refractivity contribution is -0.140. The molecule has 3 heterocycles. The zero-order chi connectivity index (χ0) is 29.6. The molecule has 9 nitrogen and oxygen atoms in total. The Labute approximate surface area is 234 Å². The van der Waals surface area contributed by atoms with E-state index in [1.165, 1.54) is 30.0 Å². The summed E-state index contributed by atoms with van der Waals surface area (Å²) in [6.45, 7) is -3.35. The van der Waals surface area contributed by atoms with Gasteiger partial charge >= 0.3 is 12.8 Å². The van der Waals surface area contributed by atoms with Gasteiger partial charge in [-0.15, -0.1) is 0 Å². The summed E-state index contributed by atoms with van der Waals surface area (Å²) in [4.78, 5) is 20.3. The molecule has 0 spiro atoms. The lowest BCUT2D eigenvalue weighted by atomic mass is 10.1. The van der Waals surface area contributed by atoms with E-state index in [0.29, 0.717) is 24.1 Å². The highest BCUT2D eigenvalue weighted by molar-refractivity contribution is 5.66. The molecule has 2 fully saturated rings. The van der Waals surface area contributed by atoms with Crippen LogP contribution < -0.4 is 14.2 Å². The van der Waals surface area contributed by atoms with Crippen LogP contribution in [0.5, 0.6) is 17.5 Å². The number of nitrogens with zero attached hydrogens (tertiary/aromatic N) is 6. The molecule has 0 bridgehead atoms. The number of methoxy groups -OCH3 is 1. The Morgan fingerprint density at radius 2 is 1.81 bits per heavy atom. The van der Waals surface area contributed by atoms with E-state index in [1.54, 1.807) is 0 Å². The number of imidazole rings is 1. The summed E-state index contributed by atoms with van der Waals surface area (Å²) in [7, 11) is 1.35. The van der Waals surface area contributed by atoms with Gasteiger partial charge in [0.1, 0.15) is 30.1 Å². The number of alkyl halides is 5. The monoisotopic (exact) mass is 592 g/mol. The van der Waals surface area contributed by atoms with E-state index in [4.69, 9.17) is 9.47 Å². The topological polar surface area (TPSA) is 97.1 Å². The van der Waals surface area contributed by atoms with Gasteiger partial charge in [0, 0.05) is 18.2 Å². The Kier molecular flexibility index (Phi) is 7.10. The number of aromatic nitrogens is 6. The van der Waals surface area contributed by atoms with E-state index in [0.717, 1.165) is 31.4 Å². The van der Waals surface area contributed by atoms with Crippen molar-refractivity contribution >= 4 is 0 Å². The van der Waals surface area contributed by atoms with Crippen LogP contribution in [0.4, 0.5) is 26.3 Å². The average molecular weight is 593 g/mol. The van der Waals surface area contributed by atoms with Crippen LogP contribution in [0.25, 0.3) is 22.8 Å². The van der Waals surface area contributed by atoms with E-state index < -0.39 is 24.3 Å². The first-order chi connectivity index (χ1) is 20.1. The second kappa shape index (κ2) is 10.8. The van der Waals surface area contributed by atoms with E-state index in [2.05, 4.69) is 29.7 Å². The molecule has 0 unspecified atom stereocenters. The highest BCUT2D eigenvalue weighted by Gasteiger charge is 2.38. The molecule has 0 N–H and O–H groups in total. The van der Waals surface area contributed by atoms with Crippen LogP contribution in [0, 0.1) is 5.82 Å². The van der Waals surface area contributed by atoms with Gasteiger partial charge in [0.05, 0.1) is 24.6 Å². The van der Waals surface area contributed by atoms with Crippen molar-refractivity contribution < 1.29 is 40.6 Å². The fourth-order valence-electron chi connectivity index (χ4n) is 4.49. The predicted octanol–water partition coefficient (Wildman–Crippen LogP) is 6.36. The Bertz CT molecular complexity index is 1620. The third-order valence-electron chi connectivity index (χ3n) is 6.79. The first kappa shape index (κ1) is 27.7. The quantitative estimate of drug-likeness (QED) is 0.197. The van der Waals surface area contributed by atoms with Crippen molar-refractivity contribution in [1.29, 1.82) is 0 Å². The van der Waals surface area contributed by atoms with Crippen LogP contribution >= 0.6 is 0 Å². The van der Waals surface area contributed by atoms with Crippen LogP contribution in [0.3, 0.4) is 0 Å². The van der Waals surface area contributed by atoms with Gasteiger partial charge in [-0.1, -0.05) is 6.07 Å². The first-order valence-corrected chi connectivity index (χ1v) is 12.9. The largest absolute Gasteiger partial charge is 0.490 e. The van der Waals surface area contributed by atoms with E-state index >= 15 is 4.39 Å². The van der Waals surface area contributed by atoms with Crippen molar-refractivity contribution in [3.05, 3.63) is 59.7 Å². The molecule has 0 aliphatic heterocycles. The van der Waals surface area contributed by atoms with Crippen molar-refractivity contribution in [3.63, 3.8) is 0 Å². The van der Waals surface area contributed by atoms with Gasteiger partial charge in [-0.2, -0.15) is 26.9 Å². The smallest absolute Gasteiger partial charge is 0.434 e. The van der Waals surface area contributed by atoms with Crippen LogP contribution in [0.15, 0.2) is 36.9 Å². The van der Waals surface area contributed by atoms with Gasteiger partial charge in [0.25, 0.3) is 5.88 Å². The van der Waals surface area contributed by atoms with Crippen molar-refractivity contribution in [2.24, 2.45) is 0 Å². The van der Waals surface area contributed by atoms with Gasteiger partial charge in [0.15, 0.2) is 17.3 Å². The molecule has 2 aliphatic rings. The lowest BCUT2D eigenvalue weighted by Crippen LogP contribution is -2.09. The van der Waals surface area contributed by atoms with Crippen molar-refractivity contribution in [1.82, 2.24) is 29.5 Å². The third kappa shape index (κ3) is 5.67. The normalized spacial score (nSPS) is 15.2. The third-order valence-corrected chi connectivity index (χ3v) is 6.79. The maximum Gasteiger partial charge on any atom is 0.434 e. The molecule has 220 valence electrons. The molecule has 2 aliphatic carbocycles. The highest BCUT2D eigenvalue weighted by Crippen LogP contribution is 2.46. The van der Waals surface area contributed by atoms with Gasteiger partial charge in [-0.05, 0) is 43.4 Å². The molecule has 42 heavy (non-hydrogen) atoms. The lowest BCUT2D eigenvalue weighted by Gasteiger charge is -2.14. The fraction of sp³-hybridized carbons (Fsp3) is 0.370. The SMILES string of the molecule is COc1cnc(-c2c(OC(F)F)ncnc2C2CC2)nc1OCc1ccc(-c2nc(C(F)(F)F)cn2C2CC2)c(F)c1. The summed E-state index contributed by atoms with van der Waals surface area (Å²) in [5.74, 6) is -1.23. The van der Waals surface area contributed by atoms with E-state index in [9.17, 15) is 22.0 Å². The number of hydrogen-bond donors (Lipinski definition) is 0. The Balaban J connectivity index is 1.27. The Morgan fingerprint density at radius 3 is 2.45 bits per heavy atom. The van der Waals surface area contributed by atoms with Gasteiger partial charge in [0.2, 0.25) is 5.88 Å². The summed E-state index contributed by atoms with van der Waals surface area (Å²) in [5, 5.41) is 0. The molecule has 1 aromatic carbocycles. The molecule has 0 amide bonds. The van der Waals surface area contributed by atoms with Crippen LogP contribution in [-0.2, 0) is 12.8 Å². The Morgan fingerprint density at radius 1 is 1.02 bits per heavy atom. The molecule has 4 aromatic rings. The summed E-state index contributed by atoms with van der Waals surface area (Å²) in [5.41, 5.74) is -0.257. The summed E-state index contributed by atoms with van der Waals surface area (Å²) in [6, 6.07) is 3.81. The molecule has 3 aromatic heterocycles.